The molecule has 0 spiro atoms. The molecule has 6 heteroatoms. The maximum absolute atomic E-state index is 12.3. The summed E-state index contributed by atoms with van der Waals surface area (Å²) in [4.78, 5) is 0. The summed E-state index contributed by atoms with van der Waals surface area (Å²) in [5.74, 6) is 0.00901. The van der Waals surface area contributed by atoms with E-state index in [0.29, 0.717) is 18.8 Å². The molecule has 1 heterocycles. The molecule has 0 saturated heterocycles. The summed E-state index contributed by atoms with van der Waals surface area (Å²) in [5.41, 5.74) is 8.12. The van der Waals surface area contributed by atoms with E-state index in [2.05, 4.69) is 0 Å². The van der Waals surface area contributed by atoms with Gasteiger partial charge in [-0.05, 0) is 37.5 Å². The average molecular weight is 284 g/mol. The molecule has 0 unspecified atom stereocenters. The van der Waals surface area contributed by atoms with E-state index in [1.807, 2.05) is 19.1 Å². The lowest BCUT2D eigenvalue weighted by molar-refractivity contribution is 0.163. The lowest BCUT2D eigenvalue weighted by atomic mass is 10.0. The van der Waals surface area contributed by atoms with Crippen molar-refractivity contribution in [3.05, 3.63) is 23.8 Å². The fraction of sp³-hybridized carbons (Fsp3) is 0.538. The van der Waals surface area contributed by atoms with Crippen molar-refractivity contribution in [3.8, 4) is 0 Å². The van der Waals surface area contributed by atoms with Crippen LogP contribution in [-0.2, 0) is 21.2 Å². The van der Waals surface area contributed by atoms with Gasteiger partial charge in [0.25, 0.3) is 0 Å². The molecular formula is C13H20N2O3S. The van der Waals surface area contributed by atoms with Crippen LogP contribution in [0.25, 0.3) is 0 Å². The molecule has 0 fully saturated rings. The van der Waals surface area contributed by atoms with Gasteiger partial charge in [0.2, 0.25) is 10.0 Å². The zero-order chi connectivity index (χ0) is 13.9. The Morgan fingerprint density at radius 2 is 2.21 bits per heavy atom. The number of benzene rings is 1. The molecule has 1 aromatic carbocycles. The molecule has 2 rings (SSSR count). The van der Waals surface area contributed by atoms with E-state index < -0.39 is 10.0 Å². The van der Waals surface area contributed by atoms with Crippen LogP contribution in [0.4, 0.5) is 11.4 Å². The van der Waals surface area contributed by atoms with Crippen LogP contribution in [0.2, 0.25) is 0 Å². The van der Waals surface area contributed by atoms with Gasteiger partial charge in [0.1, 0.15) is 0 Å². The number of ether oxygens (including phenoxy) is 1. The van der Waals surface area contributed by atoms with E-state index in [9.17, 15) is 8.42 Å². The third-order valence-electron chi connectivity index (χ3n) is 3.21. The summed E-state index contributed by atoms with van der Waals surface area (Å²) in [7, 11) is -3.33. The molecule has 1 aliphatic rings. The second-order valence-corrected chi connectivity index (χ2v) is 6.59. The van der Waals surface area contributed by atoms with E-state index >= 15 is 0 Å². The minimum atomic E-state index is -3.33. The number of nitrogens with two attached hydrogens (primary N) is 1. The molecule has 5 nitrogen and oxygen atoms in total. The number of fused-ring (bicyclic) bond motifs is 1. The maximum atomic E-state index is 12.3. The van der Waals surface area contributed by atoms with Crippen molar-refractivity contribution in [2.45, 2.75) is 19.8 Å². The minimum absolute atomic E-state index is 0.00901. The van der Waals surface area contributed by atoms with E-state index in [0.717, 1.165) is 24.1 Å². The van der Waals surface area contributed by atoms with Crippen molar-refractivity contribution < 1.29 is 13.2 Å². The zero-order valence-electron chi connectivity index (χ0n) is 11.1. The number of nitrogens with zero attached hydrogens (tertiary/aromatic N) is 1. The molecule has 2 N–H and O–H groups in total. The number of nitrogen functional groups attached to an aromatic ring is 1. The summed E-state index contributed by atoms with van der Waals surface area (Å²) in [6.07, 6.45) is 1.73. The van der Waals surface area contributed by atoms with Gasteiger partial charge in [-0.2, -0.15) is 0 Å². The second kappa shape index (κ2) is 5.79. The molecule has 106 valence electrons. The number of sulfonamides is 1. The third-order valence-corrected chi connectivity index (χ3v) is 4.94. The summed E-state index contributed by atoms with van der Waals surface area (Å²) in [6, 6.07) is 5.47. The number of hydrogen-bond acceptors (Lipinski definition) is 4. The molecule has 1 aromatic rings. The van der Waals surface area contributed by atoms with Gasteiger partial charge in [-0.25, -0.2) is 8.42 Å². The minimum Gasteiger partial charge on any atom is -0.399 e. The lowest BCUT2D eigenvalue weighted by Gasteiger charge is -2.30. The van der Waals surface area contributed by atoms with Crippen molar-refractivity contribution in [1.82, 2.24) is 0 Å². The standard InChI is InChI=1S/C13H20N2O3S/c1-2-18-8-9-19(16,17)15-7-3-4-11-5-6-12(14)10-13(11)15/h5-6,10H,2-4,7-9,14H2,1H3. The van der Waals surface area contributed by atoms with Gasteiger partial charge in [-0.1, -0.05) is 6.07 Å². The Morgan fingerprint density at radius 1 is 1.42 bits per heavy atom. The monoisotopic (exact) mass is 284 g/mol. The predicted octanol–water partition coefficient (Wildman–Crippen LogP) is 1.39. The van der Waals surface area contributed by atoms with Crippen LogP contribution < -0.4 is 10.0 Å². The van der Waals surface area contributed by atoms with Gasteiger partial charge >= 0.3 is 0 Å². The van der Waals surface area contributed by atoms with E-state index in [1.165, 1.54) is 4.31 Å². The smallest absolute Gasteiger partial charge is 0.237 e. The van der Waals surface area contributed by atoms with Gasteiger partial charge in [0.05, 0.1) is 18.0 Å². The Morgan fingerprint density at radius 3 is 2.95 bits per heavy atom. The summed E-state index contributed by atoms with van der Waals surface area (Å²) < 4.78 is 31.3. The van der Waals surface area contributed by atoms with Crippen LogP contribution >= 0.6 is 0 Å². The maximum Gasteiger partial charge on any atom is 0.237 e. The normalized spacial score (nSPS) is 15.3. The topological polar surface area (TPSA) is 72.6 Å². The number of rotatable bonds is 5. The van der Waals surface area contributed by atoms with Crippen LogP contribution in [0, 0.1) is 0 Å². The SMILES string of the molecule is CCOCCS(=O)(=O)N1CCCc2ccc(N)cc21. The predicted molar refractivity (Wildman–Crippen MR) is 76.8 cm³/mol. The highest BCUT2D eigenvalue weighted by Gasteiger charge is 2.27. The zero-order valence-corrected chi connectivity index (χ0v) is 11.9. The summed E-state index contributed by atoms with van der Waals surface area (Å²) in [5, 5.41) is 0. The van der Waals surface area contributed by atoms with Gasteiger partial charge in [-0.3, -0.25) is 4.31 Å². The first-order valence-electron chi connectivity index (χ1n) is 6.51. The first-order chi connectivity index (χ1) is 9.04. The van der Waals surface area contributed by atoms with Gasteiger partial charge in [-0.15, -0.1) is 0 Å². The molecule has 0 aliphatic carbocycles. The number of hydrogen-bond donors (Lipinski definition) is 1. The summed E-state index contributed by atoms with van der Waals surface area (Å²) >= 11 is 0. The van der Waals surface area contributed by atoms with Crippen LogP contribution in [0.15, 0.2) is 18.2 Å². The fourth-order valence-electron chi connectivity index (χ4n) is 2.27. The quantitative estimate of drug-likeness (QED) is 0.655. The molecular weight excluding hydrogens is 264 g/mol. The van der Waals surface area contributed by atoms with Gasteiger partial charge < -0.3 is 10.5 Å². The molecule has 0 aromatic heterocycles. The Bertz CT molecular complexity index is 543. The lowest BCUT2D eigenvalue weighted by Crippen LogP contribution is -2.38. The van der Waals surface area contributed by atoms with Crippen LogP contribution in [-0.4, -0.2) is 33.9 Å². The molecule has 0 saturated carbocycles. The first-order valence-corrected chi connectivity index (χ1v) is 8.12. The highest BCUT2D eigenvalue weighted by molar-refractivity contribution is 7.92. The fourth-order valence-corrected chi connectivity index (χ4v) is 3.69. The Balaban J connectivity index is 2.25. The third kappa shape index (κ3) is 3.19. The molecule has 0 radical (unpaired) electrons. The molecule has 19 heavy (non-hydrogen) atoms. The Hall–Kier alpha value is -1.27. The van der Waals surface area contributed by atoms with E-state index in [1.54, 1.807) is 6.07 Å². The molecule has 1 aliphatic heterocycles. The number of aryl methyl sites for hydroxylation is 1. The van der Waals surface area contributed by atoms with Crippen molar-refractivity contribution in [3.63, 3.8) is 0 Å². The van der Waals surface area contributed by atoms with Crippen LogP contribution in [0.1, 0.15) is 18.9 Å². The first kappa shape index (κ1) is 14.1. The molecule has 0 amide bonds. The Labute approximate surface area is 114 Å². The van der Waals surface area contributed by atoms with E-state index in [4.69, 9.17) is 10.5 Å². The highest BCUT2D eigenvalue weighted by Crippen LogP contribution is 2.31. The number of anilines is 2. The van der Waals surface area contributed by atoms with Crippen molar-refractivity contribution >= 4 is 21.4 Å². The average Bonchev–Trinajstić information content (AvgIpc) is 2.38. The van der Waals surface area contributed by atoms with Crippen molar-refractivity contribution in [2.75, 3.05) is 35.6 Å². The van der Waals surface area contributed by atoms with Gasteiger partial charge in [0.15, 0.2) is 0 Å². The largest absolute Gasteiger partial charge is 0.399 e. The summed E-state index contributed by atoms with van der Waals surface area (Å²) in [6.45, 7) is 3.13. The molecule has 0 atom stereocenters. The van der Waals surface area contributed by atoms with Crippen molar-refractivity contribution in [2.24, 2.45) is 0 Å². The van der Waals surface area contributed by atoms with Crippen LogP contribution in [0.5, 0.6) is 0 Å². The van der Waals surface area contributed by atoms with Crippen LogP contribution in [0.3, 0.4) is 0 Å². The second-order valence-electron chi connectivity index (χ2n) is 4.58. The molecule has 0 bridgehead atoms. The van der Waals surface area contributed by atoms with Crippen molar-refractivity contribution in [1.29, 1.82) is 0 Å². The van der Waals surface area contributed by atoms with E-state index in [-0.39, 0.29) is 12.4 Å². The van der Waals surface area contributed by atoms with Gasteiger partial charge in [0, 0.05) is 18.8 Å². The Kier molecular flexibility index (Phi) is 4.31. The highest BCUT2D eigenvalue weighted by atomic mass is 32.2.